The smallest absolute Gasteiger partial charge is 0.741 e. The number of hydrogen-bond acceptors (Lipinski definition) is 6. The summed E-state index contributed by atoms with van der Waals surface area (Å²) in [6.45, 7) is 4.12. The largest absolute Gasteiger partial charge is 2.00 e. The molecule has 0 aliphatic heterocycles. The number of halogens is 6. The molecule has 0 aromatic rings. The third-order valence-corrected chi connectivity index (χ3v) is 3.43. The summed E-state index contributed by atoms with van der Waals surface area (Å²) in [5.74, 6) is 0. The maximum Gasteiger partial charge on any atom is 2.00 e. The summed E-state index contributed by atoms with van der Waals surface area (Å²) in [5.41, 5.74) is -8.75. The second-order valence-electron chi connectivity index (χ2n) is 4.73. The van der Waals surface area contributed by atoms with Crippen molar-refractivity contribution >= 4 is 20.2 Å². The Hall–Kier alpha value is -0.757. The fourth-order valence-corrected chi connectivity index (χ4v) is 1.03. The molecule has 15 heteroatoms. The van der Waals surface area contributed by atoms with Crippen LogP contribution in [0.15, 0.2) is 35.5 Å². The van der Waals surface area contributed by atoms with E-state index in [1.807, 2.05) is 0 Å². The van der Waals surface area contributed by atoms with Gasteiger partial charge in [0.1, 0.15) is 0 Å². The van der Waals surface area contributed by atoms with Crippen molar-refractivity contribution in [1.82, 2.24) is 0 Å². The summed E-state index contributed by atoms with van der Waals surface area (Å²) in [4.78, 5) is 0. The van der Waals surface area contributed by atoms with Crippen molar-refractivity contribution in [3.05, 3.63) is 47.6 Å². The van der Waals surface area contributed by atoms with Gasteiger partial charge in [-0.1, -0.05) is 13.8 Å². The summed E-state index contributed by atoms with van der Waals surface area (Å²) < 4.78 is 118. The quantitative estimate of drug-likeness (QED) is 0.199. The first-order valence-electron chi connectivity index (χ1n) is 6.81. The molecule has 0 spiro atoms. The van der Waals surface area contributed by atoms with E-state index in [2.05, 4.69) is 50.3 Å². The Morgan fingerprint density at radius 2 is 0.966 bits per heavy atom. The Balaban J connectivity index is -0.000000309. The van der Waals surface area contributed by atoms with E-state index in [4.69, 9.17) is 25.9 Å². The van der Waals surface area contributed by atoms with Crippen LogP contribution < -0.4 is 0 Å². The van der Waals surface area contributed by atoms with Crippen LogP contribution in [-0.4, -0.2) is 37.0 Å². The van der Waals surface area contributed by atoms with Crippen LogP contribution in [0.25, 0.3) is 0 Å². The molecule has 2 aliphatic carbocycles. The minimum Gasteiger partial charge on any atom is -0.741 e. The zero-order valence-electron chi connectivity index (χ0n) is 14.8. The number of rotatable bonds is 0. The summed E-state index contributed by atoms with van der Waals surface area (Å²) in [7, 11) is -12.2. The van der Waals surface area contributed by atoms with Gasteiger partial charge in [-0.15, -0.1) is 12.8 Å². The summed E-state index contributed by atoms with van der Waals surface area (Å²) in [6, 6.07) is 0. The van der Waals surface area contributed by atoms with Crippen molar-refractivity contribution in [3.63, 3.8) is 0 Å². The van der Waals surface area contributed by atoms with Crippen LogP contribution in [0.3, 0.4) is 0 Å². The van der Waals surface area contributed by atoms with E-state index in [0.29, 0.717) is 0 Å². The molecule has 0 amide bonds. The molecule has 0 bridgehead atoms. The molecule has 0 N–H and O–H groups in total. The molecule has 0 aromatic carbocycles. The first-order valence-corrected chi connectivity index (χ1v) is 9.63. The Labute approximate surface area is 183 Å². The Morgan fingerprint density at radius 3 is 1.00 bits per heavy atom. The third-order valence-electron chi connectivity index (χ3n) is 2.30. The number of alkyl halides is 6. The predicted octanol–water partition coefficient (Wildman–Crippen LogP) is 3.49. The molecule has 29 heavy (non-hydrogen) atoms. The van der Waals surface area contributed by atoms with Gasteiger partial charge in [0, 0.05) is 0 Å². The van der Waals surface area contributed by atoms with Crippen LogP contribution >= 0.6 is 0 Å². The zero-order chi connectivity index (χ0) is 22.8. The number of allylic oxidation sites excluding steroid dienone is 8. The molecule has 0 fully saturated rings. The monoisotopic (exact) mass is 546 g/mol. The molecule has 0 saturated carbocycles. The SMILES string of the molecule is CC1=[C-]CC=C1.CC1=[C-]CC=C1.O=S(=O)([O-])C(F)(F)F.O=S(=O)([O-])C(F)(F)F.[Zr+2]. The van der Waals surface area contributed by atoms with Gasteiger partial charge in [0.2, 0.25) is 0 Å². The third kappa shape index (κ3) is 17.8. The topological polar surface area (TPSA) is 114 Å². The molecule has 0 heterocycles. The molecule has 0 unspecified atom stereocenters. The van der Waals surface area contributed by atoms with Crippen LogP contribution in [0.1, 0.15) is 26.7 Å². The van der Waals surface area contributed by atoms with Crippen LogP contribution in [0, 0.1) is 12.2 Å². The van der Waals surface area contributed by atoms with Crippen LogP contribution in [0.5, 0.6) is 0 Å². The number of hydrogen-bond donors (Lipinski definition) is 0. The van der Waals surface area contributed by atoms with Gasteiger partial charge < -0.3 is 9.11 Å². The first-order chi connectivity index (χ1) is 12.3. The van der Waals surface area contributed by atoms with E-state index in [1.54, 1.807) is 0 Å². The molecule has 0 radical (unpaired) electrons. The second kappa shape index (κ2) is 13.5. The molecule has 166 valence electrons. The predicted molar refractivity (Wildman–Crippen MR) is 83.9 cm³/mol. The Bertz CT molecular complexity index is 746. The first kappa shape index (κ1) is 32.9. The molecular weight excluding hydrogens is 533 g/mol. The summed E-state index contributed by atoms with van der Waals surface area (Å²) in [5, 5.41) is 0. The fraction of sp³-hybridized carbons (Fsp3) is 0.429. The summed E-state index contributed by atoms with van der Waals surface area (Å²) >= 11 is 0. The van der Waals surface area contributed by atoms with Crippen LogP contribution in [0.4, 0.5) is 26.3 Å². The van der Waals surface area contributed by atoms with Crippen molar-refractivity contribution in [1.29, 1.82) is 0 Å². The molecular formula is C14H14F6O6S2Zr-2. The van der Waals surface area contributed by atoms with E-state index in [-0.39, 0.29) is 26.2 Å². The molecule has 2 rings (SSSR count). The van der Waals surface area contributed by atoms with Gasteiger partial charge in [0.15, 0.2) is 20.2 Å². The van der Waals surface area contributed by atoms with Gasteiger partial charge in [0.05, 0.1) is 0 Å². The van der Waals surface area contributed by atoms with Crippen molar-refractivity contribution in [2.45, 2.75) is 37.7 Å². The zero-order valence-corrected chi connectivity index (χ0v) is 18.8. The molecule has 2 aliphatic rings. The van der Waals surface area contributed by atoms with E-state index < -0.39 is 31.3 Å². The van der Waals surface area contributed by atoms with Crippen molar-refractivity contribution in [3.8, 4) is 0 Å². The van der Waals surface area contributed by atoms with E-state index in [9.17, 15) is 26.3 Å². The standard InChI is InChI=1S/2C6H7.2CHF3O3S.Zr/c2*1-6-4-2-3-5-6;2*2-1(3,4)8(5,6)7;/h2*2,4H,3H2,1H3;2*(H,5,6,7);/q2*-1;;;+2/p-2. The van der Waals surface area contributed by atoms with Crippen LogP contribution in [0.2, 0.25) is 0 Å². The molecule has 0 aromatic heterocycles. The Kier molecular flexibility index (Phi) is 15.3. The minimum absolute atomic E-state index is 0. The average molecular weight is 548 g/mol. The van der Waals surface area contributed by atoms with Crippen LogP contribution in [-0.2, 0) is 46.4 Å². The molecule has 0 atom stereocenters. The normalized spacial score (nSPS) is 15.4. The Morgan fingerprint density at radius 1 is 0.759 bits per heavy atom. The average Bonchev–Trinajstić information content (AvgIpc) is 3.10. The molecule has 0 saturated heterocycles. The van der Waals surface area contributed by atoms with E-state index in [1.165, 1.54) is 11.1 Å². The van der Waals surface area contributed by atoms with Gasteiger partial charge >= 0.3 is 37.2 Å². The fourth-order valence-electron chi connectivity index (χ4n) is 1.03. The van der Waals surface area contributed by atoms with E-state index in [0.717, 1.165) is 12.8 Å². The van der Waals surface area contributed by atoms with Crippen molar-refractivity contribution < 1.29 is 78.5 Å². The van der Waals surface area contributed by atoms with Gasteiger partial charge in [-0.25, -0.2) is 40.1 Å². The minimum atomic E-state index is -6.09. The maximum atomic E-state index is 10.7. The second-order valence-corrected chi connectivity index (χ2v) is 7.47. The van der Waals surface area contributed by atoms with Gasteiger partial charge in [-0.05, 0) is 0 Å². The van der Waals surface area contributed by atoms with Gasteiger partial charge in [-0.3, -0.25) is 12.2 Å². The van der Waals surface area contributed by atoms with Crippen molar-refractivity contribution in [2.75, 3.05) is 0 Å². The summed E-state index contributed by atoms with van der Waals surface area (Å²) in [6.07, 6.45) is 16.7. The van der Waals surface area contributed by atoms with Crippen molar-refractivity contribution in [2.24, 2.45) is 0 Å². The van der Waals surface area contributed by atoms with Gasteiger partial charge in [-0.2, -0.15) is 38.5 Å². The maximum absolute atomic E-state index is 10.7. The molecule has 6 nitrogen and oxygen atoms in total. The van der Waals surface area contributed by atoms with Gasteiger partial charge in [0.25, 0.3) is 0 Å². The van der Waals surface area contributed by atoms with E-state index >= 15 is 0 Å².